The lowest BCUT2D eigenvalue weighted by Gasteiger charge is -2.09. The van der Waals surface area contributed by atoms with Crippen molar-refractivity contribution in [1.29, 1.82) is 0 Å². The molecule has 0 saturated heterocycles. The van der Waals surface area contributed by atoms with Crippen molar-refractivity contribution in [3.8, 4) is 11.5 Å². The monoisotopic (exact) mass is 333 g/mol. The van der Waals surface area contributed by atoms with Crippen molar-refractivity contribution in [2.45, 2.75) is 0 Å². The molecule has 2 N–H and O–H groups in total. The van der Waals surface area contributed by atoms with Gasteiger partial charge in [-0.1, -0.05) is 12.1 Å². The number of nitro groups is 2. The van der Waals surface area contributed by atoms with Crippen LogP contribution in [0, 0.1) is 20.2 Å². The lowest BCUT2D eigenvalue weighted by atomic mass is 10.1. The van der Waals surface area contributed by atoms with Crippen LogP contribution in [-0.4, -0.2) is 28.0 Å². The Morgan fingerprint density at radius 3 is 2.38 bits per heavy atom. The Bertz CT molecular complexity index is 835. The molecule has 0 aliphatic carbocycles. The van der Waals surface area contributed by atoms with E-state index in [9.17, 15) is 30.1 Å². The van der Waals surface area contributed by atoms with E-state index in [1.807, 2.05) is 0 Å². The predicted molar refractivity (Wildman–Crippen MR) is 82.4 cm³/mol. The number of para-hydroxylation sites is 2. The smallest absolute Gasteiger partial charge is 0.334 e. The molecule has 0 unspecified atom stereocenters. The molecule has 0 spiro atoms. The minimum absolute atomic E-state index is 0.0685. The molecule has 0 bridgehead atoms. The van der Waals surface area contributed by atoms with Crippen LogP contribution in [0.3, 0.4) is 0 Å². The maximum absolute atomic E-state index is 12.2. The highest BCUT2D eigenvalue weighted by atomic mass is 16.6. The molecule has 0 aliphatic rings. The van der Waals surface area contributed by atoms with Crippen LogP contribution in [0.25, 0.3) is 0 Å². The third-order valence-electron chi connectivity index (χ3n) is 3.11. The number of carbonyl (C=O) groups excluding carboxylic acids is 1. The topological polar surface area (TPSA) is 145 Å². The fourth-order valence-electron chi connectivity index (χ4n) is 2.03. The molecule has 0 fully saturated rings. The summed E-state index contributed by atoms with van der Waals surface area (Å²) in [5, 5.41) is 34.0. The molecule has 0 aliphatic heterocycles. The Morgan fingerprint density at radius 2 is 1.79 bits per heavy atom. The molecule has 10 heteroatoms. The molecule has 10 nitrogen and oxygen atoms in total. The molecule has 2 rings (SSSR count). The normalized spacial score (nSPS) is 10.0. The highest BCUT2D eigenvalue weighted by Gasteiger charge is 2.25. The zero-order valence-electron chi connectivity index (χ0n) is 12.3. The molecule has 0 radical (unpaired) electrons. The third-order valence-corrected chi connectivity index (χ3v) is 3.11. The van der Waals surface area contributed by atoms with Gasteiger partial charge in [-0.15, -0.1) is 0 Å². The quantitative estimate of drug-likeness (QED) is 0.631. The van der Waals surface area contributed by atoms with E-state index in [2.05, 4.69) is 5.32 Å². The number of phenolic OH excluding ortho intramolecular Hbond substituents is 1. The standard InChI is InChI=1S/C14H11N3O7/c1-24-11-7-3-5-9(12(11)17(22)23)15-14(19)8-4-2-6-10(13(8)18)16(20)21/h2-7,18H,1H3,(H,15,19). The molecule has 2 aromatic carbocycles. The van der Waals surface area contributed by atoms with E-state index in [1.54, 1.807) is 0 Å². The van der Waals surface area contributed by atoms with Crippen LogP contribution in [-0.2, 0) is 0 Å². The first-order valence-electron chi connectivity index (χ1n) is 6.46. The van der Waals surface area contributed by atoms with Gasteiger partial charge in [0.25, 0.3) is 5.91 Å². The minimum Gasteiger partial charge on any atom is -0.502 e. The second kappa shape index (κ2) is 6.60. The number of amides is 1. The maximum Gasteiger partial charge on any atom is 0.334 e. The van der Waals surface area contributed by atoms with Crippen LogP contribution in [0.2, 0.25) is 0 Å². The van der Waals surface area contributed by atoms with Gasteiger partial charge in [0.2, 0.25) is 5.75 Å². The fourth-order valence-corrected chi connectivity index (χ4v) is 2.03. The van der Waals surface area contributed by atoms with Gasteiger partial charge in [0, 0.05) is 6.07 Å². The van der Waals surface area contributed by atoms with Crippen LogP contribution in [0.4, 0.5) is 17.1 Å². The number of rotatable bonds is 5. The summed E-state index contributed by atoms with van der Waals surface area (Å²) >= 11 is 0. The number of nitrogens with zero attached hydrogens (tertiary/aromatic N) is 2. The van der Waals surface area contributed by atoms with Crippen molar-refractivity contribution in [3.63, 3.8) is 0 Å². The van der Waals surface area contributed by atoms with Crippen LogP contribution in [0.15, 0.2) is 36.4 Å². The molecule has 0 saturated carbocycles. The van der Waals surface area contributed by atoms with E-state index >= 15 is 0 Å². The number of hydrogen-bond donors (Lipinski definition) is 2. The summed E-state index contributed by atoms with van der Waals surface area (Å²) in [6.07, 6.45) is 0. The Hall–Kier alpha value is -3.69. The average molecular weight is 333 g/mol. The summed E-state index contributed by atoms with van der Waals surface area (Å²) in [5.74, 6) is -1.83. The molecular weight excluding hydrogens is 322 g/mol. The first kappa shape index (κ1) is 16.7. The molecule has 2 aromatic rings. The number of anilines is 1. The Labute approximate surface area is 134 Å². The van der Waals surface area contributed by atoms with Crippen molar-refractivity contribution in [1.82, 2.24) is 0 Å². The van der Waals surface area contributed by atoms with Crippen molar-refractivity contribution in [2.24, 2.45) is 0 Å². The summed E-state index contributed by atoms with van der Waals surface area (Å²) < 4.78 is 4.88. The number of carbonyl (C=O) groups is 1. The van der Waals surface area contributed by atoms with E-state index in [1.165, 1.54) is 31.4 Å². The molecular formula is C14H11N3O7. The molecule has 0 heterocycles. The van der Waals surface area contributed by atoms with E-state index in [0.717, 1.165) is 12.1 Å². The van der Waals surface area contributed by atoms with Gasteiger partial charge in [0.05, 0.1) is 22.5 Å². The lowest BCUT2D eigenvalue weighted by Crippen LogP contribution is -2.14. The van der Waals surface area contributed by atoms with Crippen LogP contribution < -0.4 is 10.1 Å². The van der Waals surface area contributed by atoms with Crippen LogP contribution >= 0.6 is 0 Å². The second-order valence-electron chi connectivity index (χ2n) is 4.50. The lowest BCUT2D eigenvalue weighted by molar-refractivity contribution is -0.385. The van der Waals surface area contributed by atoms with E-state index < -0.39 is 32.9 Å². The number of hydrogen-bond acceptors (Lipinski definition) is 7. The summed E-state index contributed by atoms with van der Waals surface area (Å²) in [6.45, 7) is 0. The maximum atomic E-state index is 12.2. The fraction of sp³-hybridized carbons (Fsp3) is 0.0714. The van der Waals surface area contributed by atoms with Crippen LogP contribution in [0.1, 0.15) is 10.4 Å². The largest absolute Gasteiger partial charge is 0.502 e. The molecule has 24 heavy (non-hydrogen) atoms. The highest BCUT2D eigenvalue weighted by molar-refractivity contribution is 6.08. The molecule has 0 atom stereocenters. The zero-order valence-corrected chi connectivity index (χ0v) is 12.3. The van der Waals surface area contributed by atoms with Gasteiger partial charge in [-0.3, -0.25) is 25.0 Å². The third kappa shape index (κ3) is 3.06. The van der Waals surface area contributed by atoms with E-state index in [0.29, 0.717) is 0 Å². The van der Waals surface area contributed by atoms with Gasteiger partial charge < -0.3 is 15.2 Å². The summed E-state index contributed by atoms with van der Waals surface area (Å²) in [5.41, 5.74) is -1.68. The van der Waals surface area contributed by atoms with Crippen LogP contribution in [0.5, 0.6) is 11.5 Å². The second-order valence-corrected chi connectivity index (χ2v) is 4.50. The predicted octanol–water partition coefficient (Wildman–Crippen LogP) is 2.47. The summed E-state index contributed by atoms with van der Waals surface area (Å²) in [7, 11) is 1.24. The number of methoxy groups -OCH3 is 1. The SMILES string of the molecule is COc1cccc(NC(=O)c2cccc([N+](=O)[O-])c2O)c1[N+](=O)[O-]. The van der Waals surface area contributed by atoms with Gasteiger partial charge >= 0.3 is 11.4 Å². The number of ether oxygens (including phenoxy) is 1. The van der Waals surface area contributed by atoms with Gasteiger partial charge in [-0.25, -0.2) is 0 Å². The molecule has 1 amide bonds. The number of benzene rings is 2. The van der Waals surface area contributed by atoms with E-state index in [-0.39, 0.29) is 17.0 Å². The van der Waals surface area contributed by atoms with Gasteiger partial charge in [-0.05, 0) is 18.2 Å². The highest BCUT2D eigenvalue weighted by Crippen LogP contribution is 2.35. The zero-order chi connectivity index (χ0) is 17.9. The average Bonchev–Trinajstić information content (AvgIpc) is 2.54. The minimum atomic E-state index is -0.937. The van der Waals surface area contributed by atoms with Gasteiger partial charge in [0.15, 0.2) is 5.75 Å². The number of aromatic hydroxyl groups is 1. The number of nitro benzene ring substituents is 2. The first-order chi connectivity index (χ1) is 11.4. The summed E-state index contributed by atoms with van der Waals surface area (Å²) in [6, 6.07) is 7.44. The Kier molecular flexibility index (Phi) is 4.59. The number of phenols is 1. The van der Waals surface area contributed by atoms with Crippen molar-refractivity contribution in [2.75, 3.05) is 12.4 Å². The van der Waals surface area contributed by atoms with Crippen molar-refractivity contribution in [3.05, 3.63) is 62.2 Å². The first-order valence-corrected chi connectivity index (χ1v) is 6.46. The van der Waals surface area contributed by atoms with Crippen molar-refractivity contribution < 1.29 is 24.5 Å². The molecule has 124 valence electrons. The van der Waals surface area contributed by atoms with E-state index in [4.69, 9.17) is 4.74 Å². The Morgan fingerprint density at radius 1 is 1.12 bits per heavy atom. The summed E-state index contributed by atoms with van der Waals surface area (Å²) in [4.78, 5) is 32.6. The van der Waals surface area contributed by atoms with Crippen molar-refractivity contribution >= 4 is 23.0 Å². The Balaban J connectivity index is 2.43. The number of nitrogens with one attached hydrogen (secondary N) is 1. The molecule has 0 aromatic heterocycles. The van der Waals surface area contributed by atoms with Gasteiger partial charge in [0.1, 0.15) is 5.69 Å². The van der Waals surface area contributed by atoms with Gasteiger partial charge in [-0.2, -0.15) is 0 Å².